The van der Waals surface area contributed by atoms with E-state index < -0.39 is 0 Å². The standard InChI is InChI=1S/C23H30N2O3/c1-4-28-21-10-8-19(9-11-21)23(12-14-27-15-13-23)17-24-22(26)18-6-5-7-20(16-18)25(2)3/h5-11,16H,4,12-15,17H2,1-3H3,(H,24,26). The van der Waals surface area contributed by atoms with E-state index in [1.165, 1.54) is 5.56 Å². The summed E-state index contributed by atoms with van der Waals surface area (Å²) in [5.41, 5.74) is 2.80. The van der Waals surface area contributed by atoms with E-state index >= 15 is 0 Å². The number of hydrogen-bond donors (Lipinski definition) is 1. The number of amides is 1. The molecule has 1 aliphatic heterocycles. The maximum atomic E-state index is 12.8. The molecule has 0 aromatic heterocycles. The molecule has 0 bridgehead atoms. The summed E-state index contributed by atoms with van der Waals surface area (Å²) in [6, 6.07) is 16.0. The lowest BCUT2D eigenvalue weighted by molar-refractivity contribution is 0.0487. The molecule has 2 aromatic carbocycles. The van der Waals surface area contributed by atoms with Crippen molar-refractivity contribution in [1.29, 1.82) is 0 Å². The SMILES string of the molecule is CCOc1ccc(C2(CNC(=O)c3cccc(N(C)C)c3)CCOCC2)cc1. The Hall–Kier alpha value is -2.53. The Morgan fingerprint density at radius 3 is 2.50 bits per heavy atom. The van der Waals surface area contributed by atoms with Gasteiger partial charge in [-0.1, -0.05) is 18.2 Å². The van der Waals surface area contributed by atoms with Gasteiger partial charge in [0, 0.05) is 50.5 Å². The van der Waals surface area contributed by atoms with Crippen molar-refractivity contribution in [2.24, 2.45) is 0 Å². The van der Waals surface area contributed by atoms with Gasteiger partial charge in [0.25, 0.3) is 5.91 Å². The Balaban J connectivity index is 1.75. The normalized spacial score (nSPS) is 15.7. The monoisotopic (exact) mass is 382 g/mol. The van der Waals surface area contributed by atoms with E-state index in [4.69, 9.17) is 9.47 Å². The Bertz CT molecular complexity index is 781. The first-order valence-electron chi connectivity index (χ1n) is 9.91. The van der Waals surface area contributed by atoms with Crippen LogP contribution in [0.5, 0.6) is 5.75 Å². The number of nitrogens with zero attached hydrogens (tertiary/aromatic N) is 1. The van der Waals surface area contributed by atoms with Crippen LogP contribution in [0.3, 0.4) is 0 Å². The molecule has 0 atom stereocenters. The van der Waals surface area contributed by atoms with Crippen molar-refractivity contribution in [2.75, 3.05) is 45.4 Å². The Morgan fingerprint density at radius 1 is 1.14 bits per heavy atom. The topological polar surface area (TPSA) is 50.8 Å². The van der Waals surface area contributed by atoms with Crippen molar-refractivity contribution < 1.29 is 14.3 Å². The molecule has 2 aromatic rings. The van der Waals surface area contributed by atoms with E-state index in [1.54, 1.807) is 0 Å². The number of rotatable bonds is 7. The molecule has 5 heteroatoms. The predicted octanol–water partition coefficient (Wildman–Crippen LogP) is 3.63. The van der Waals surface area contributed by atoms with Crippen LogP contribution in [0, 0.1) is 0 Å². The average Bonchev–Trinajstić information content (AvgIpc) is 2.73. The lowest BCUT2D eigenvalue weighted by atomic mass is 9.74. The molecule has 28 heavy (non-hydrogen) atoms. The quantitative estimate of drug-likeness (QED) is 0.795. The lowest BCUT2D eigenvalue weighted by Gasteiger charge is -2.38. The van der Waals surface area contributed by atoms with E-state index in [2.05, 4.69) is 17.4 Å². The van der Waals surface area contributed by atoms with Crippen LogP contribution in [0.4, 0.5) is 5.69 Å². The fraction of sp³-hybridized carbons (Fsp3) is 0.435. The van der Waals surface area contributed by atoms with Crippen molar-refractivity contribution in [3.63, 3.8) is 0 Å². The number of carbonyl (C=O) groups excluding carboxylic acids is 1. The molecule has 3 rings (SSSR count). The third kappa shape index (κ3) is 4.65. The highest BCUT2D eigenvalue weighted by Crippen LogP contribution is 2.35. The fourth-order valence-electron chi connectivity index (χ4n) is 3.68. The van der Waals surface area contributed by atoms with Gasteiger partial charge in [-0.05, 0) is 55.7 Å². The Morgan fingerprint density at radius 2 is 1.86 bits per heavy atom. The molecule has 0 aliphatic carbocycles. The van der Waals surface area contributed by atoms with E-state index in [0.29, 0.717) is 31.9 Å². The Kier molecular flexibility index (Phi) is 6.57. The summed E-state index contributed by atoms with van der Waals surface area (Å²) in [6.07, 6.45) is 1.78. The van der Waals surface area contributed by atoms with Crippen molar-refractivity contribution in [3.8, 4) is 5.75 Å². The number of benzene rings is 2. The molecule has 1 aliphatic rings. The minimum absolute atomic E-state index is 0.0412. The van der Waals surface area contributed by atoms with Crippen LogP contribution >= 0.6 is 0 Å². The van der Waals surface area contributed by atoms with Gasteiger partial charge in [0.1, 0.15) is 5.75 Å². The number of nitrogens with one attached hydrogen (secondary N) is 1. The molecule has 0 unspecified atom stereocenters. The second-order valence-corrected chi connectivity index (χ2v) is 7.48. The van der Waals surface area contributed by atoms with Gasteiger partial charge < -0.3 is 19.7 Å². The van der Waals surface area contributed by atoms with Gasteiger partial charge in [0.2, 0.25) is 0 Å². The van der Waals surface area contributed by atoms with Crippen molar-refractivity contribution in [1.82, 2.24) is 5.32 Å². The summed E-state index contributed by atoms with van der Waals surface area (Å²) in [5, 5.41) is 3.17. The second-order valence-electron chi connectivity index (χ2n) is 7.48. The first-order valence-corrected chi connectivity index (χ1v) is 9.91. The smallest absolute Gasteiger partial charge is 0.251 e. The van der Waals surface area contributed by atoms with Gasteiger partial charge in [0.05, 0.1) is 6.61 Å². The molecule has 1 N–H and O–H groups in total. The molecule has 1 saturated heterocycles. The zero-order valence-corrected chi connectivity index (χ0v) is 17.0. The number of hydrogen-bond acceptors (Lipinski definition) is 4. The van der Waals surface area contributed by atoms with Crippen LogP contribution < -0.4 is 15.0 Å². The van der Waals surface area contributed by atoms with Gasteiger partial charge >= 0.3 is 0 Å². The summed E-state index contributed by atoms with van der Waals surface area (Å²) in [6.45, 7) is 4.64. The number of anilines is 1. The molecule has 1 heterocycles. The third-order valence-corrected chi connectivity index (χ3v) is 5.44. The zero-order chi connectivity index (χ0) is 20.0. The number of ether oxygens (including phenoxy) is 2. The molecular weight excluding hydrogens is 352 g/mol. The molecule has 150 valence electrons. The Labute approximate surface area is 167 Å². The first kappa shape index (κ1) is 20.2. The van der Waals surface area contributed by atoms with Crippen molar-refractivity contribution in [2.45, 2.75) is 25.2 Å². The molecule has 0 radical (unpaired) electrons. The van der Waals surface area contributed by atoms with Crippen LogP contribution in [0.25, 0.3) is 0 Å². The van der Waals surface area contributed by atoms with E-state index in [1.807, 2.05) is 62.3 Å². The molecule has 0 spiro atoms. The highest BCUT2D eigenvalue weighted by Gasteiger charge is 2.35. The minimum atomic E-state index is -0.113. The van der Waals surface area contributed by atoms with Gasteiger partial charge in [-0.2, -0.15) is 0 Å². The molecule has 1 amide bonds. The van der Waals surface area contributed by atoms with Crippen molar-refractivity contribution in [3.05, 3.63) is 59.7 Å². The van der Waals surface area contributed by atoms with Crippen LogP contribution in [0.15, 0.2) is 48.5 Å². The van der Waals surface area contributed by atoms with Crippen LogP contribution in [-0.2, 0) is 10.2 Å². The maximum absolute atomic E-state index is 12.8. The van der Waals surface area contributed by atoms with E-state index in [9.17, 15) is 4.79 Å². The molecule has 5 nitrogen and oxygen atoms in total. The third-order valence-electron chi connectivity index (χ3n) is 5.44. The second kappa shape index (κ2) is 9.11. The van der Waals surface area contributed by atoms with Crippen LogP contribution in [0.1, 0.15) is 35.7 Å². The van der Waals surface area contributed by atoms with Crippen molar-refractivity contribution >= 4 is 11.6 Å². The summed E-state index contributed by atoms with van der Waals surface area (Å²) in [7, 11) is 3.94. The fourth-order valence-corrected chi connectivity index (χ4v) is 3.68. The van der Waals surface area contributed by atoms with Gasteiger partial charge in [-0.25, -0.2) is 0 Å². The van der Waals surface area contributed by atoms with Gasteiger partial charge in [0.15, 0.2) is 0 Å². The highest BCUT2D eigenvalue weighted by atomic mass is 16.5. The lowest BCUT2D eigenvalue weighted by Crippen LogP contribution is -2.44. The first-order chi connectivity index (χ1) is 13.5. The van der Waals surface area contributed by atoms with Gasteiger partial charge in [-0.3, -0.25) is 4.79 Å². The molecular formula is C23H30N2O3. The van der Waals surface area contributed by atoms with Crippen LogP contribution in [0.2, 0.25) is 0 Å². The van der Waals surface area contributed by atoms with E-state index in [0.717, 1.165) is 24.3 Å². The summed E-state index contributed by atoms with van der Waals surface area (Å²) in [5.74, 6) is 0.832. The molecule has 0 saturated carbocycles. The zero-order valence-electron chi connectivity index (χ0n) is 17.0. The summed E-state index contributed by atoms with van der Waals surface area (Å²) < 4.78 is 11.2. The minimum Gasteiger partial charge on any atom is -0.494 e. The molecule has 1 fully saturated rings. The predicted molar refractivity (Wildman–Crippen MR) is 112 cm³/mol. The maximum Gasteiger partial charge on any atom is 0.251 e. The summed E-state index contributed by atoms with van der Waals surface area (Å²) in [4.78, 5) is 14.8. The number of carbonyl (C=O) groups is 1. The summed E-state index contributed by atoms with van der Waals surface area (Å²) >= 11 is 0. The largest absolute Gasteiger partial charge is 0.494 e. The average molecular weight is 383 g/mol. The van der Waals surface area contributed by atoms with E-state index in [-0.39, 0.29) is 11.3 Å². The van der Waals surface area contributed by atoms with Gasteiger partial charge in [-0.15, -0.1) is 0 Å². The van der Waals surface area contributed by atoms with Crippen LogP contribution in [-0.4, -0.2) is 46.4 Å². The highest BCUT2D eigenvalue weighted by molar-refractivity contribution is 5.95.